The van der Waals surface area contributed by atoms with Gasteiger partial charge in [0, 0.05) is 44.7 Å². The van der Waals surface area contributed by atoms with Gasteiger partial charge in [-0.25, -0.2) is 4.99 Å². The Labute approximate surface area is 214 Å². The molecule has 2 aliphatic heterocycles. The fourth-order valence-electron chi connectivity index (χ4n) is 4.50. The van der Waals surface area contributed by atoms with Gasteiger partial charge in [0.05, 0.1) is 12.6 Å². The highest BCUT2D eigenvalue weighted by atomic mass is 127. The molecule has 9 heteroatoms. The van der Waals surface area contributed by atoms with Crippen molar-refractivity contribution in [2.24, 2.45) is 18.0 Å². The number of aliphatic imine (C=N–C) groups is 1. The number of aromatic nitrogens is 3. The number of nitrogens with zero attached hydrogens (tertiary/aromatic N) is 5. The lowest BCUT2D eigenvalue weighted by Gasteiger charge is -2.35. The van der Waals surface area contributed by atoms with Crippen LogP contribution in [-0.4, -0.2) is 57.9 Å². The van der Waals surface area contributed by atoms with Crippen LogP contribution in [0.1, 0.15) is 56.4 Å². The first-order valence-corrected chi connectivity index (χ1v) is 11.9. The van der Waals surface area contributed by atoms with E-state index in [9.17, 15) is 0 Å². The van der Waals surface area contributed by atoms with Crippen LogP contribution >= 0.6 is 24.0 Å². The Bertz CT molecular complexity index is 921. The quantitative estimate of drug-likeness (QED) is 0.317. The van der Waals surface area contributed by atoms with Crippen LogP contribution in [0.5, 0.6) is 5.75 Å². The smallest absolute Gasteiger partial charge is 0.192 e. The second-order valence-corrected chi connectivity index (χ2v) is 9.37. The van der Waals surface area contributed by atoms with Crippen LogP contribution in [-0.2, 0) is 13.6 Å². The number of halogens is 1. The number of hydrogen-bond donors (Lipinski definition) is 2. The van der Waals surface area contributed by atoms with E-state index < -0.39 is 0 Å². The van der Waals surface area contributed by atoms with Crippen LogP contribution in [0, 0.1) is 12.8 Å². The van der Waals surface area contributed by atoms with Crippen LogP contribution < -0.4 is 15.4 Å². The predicted molar refractivity (Wildman–Crippen MR) is 142 cm³/mol. The molecule has 0 bridgehead atoms. The van der Waals surface area contributed by atoms with Crippen molar-refractivity contribution in [3.8, 4) is 5.75 Å². The largest absolute Gasteiger partial charge is 0.493 e. The molecule has 2 N–H and O–H groups in total. The van der Waals surface area contributed by atoms with E-state index in [-0.39, 0.29) is 30.0 Å². The first-order chi connectivity index (χ1) is 15.5. The van der Waals surface area contributed by atoms with Gasteiger partial charge in [0.25, 0.3) is 0 Å². The van der Waals surface area contributed by atoms with Gasteiger partial charge in [0.15, 0.2) is 11.8 Å². The Morgan fingerprint density at radius 1 is 1.15 bits per heavy atom. The van der Waals surface area contributed by atoms with Gasteiger partial charge in [-0.2, -0.15) is 0 Å². The molecule has 0 aliphatic carbocycles. The topological polar surface area (TPSA) is 79.6 Å². The summed E-state index contributed by atoms with van der Waals surface area (Å²) in [6.45, 7) is 11.2. The maximum Gasteiger partial charge on any atom is 0.192 e. The van der Waals surface area contributed by atoms with Crippen molar-refractivity contribution in [2.45, 2.75) is 58.7 Å². The lowest BCUT2D eigenvalue weighted by Crippen LogP contribution is -2.50. The van der Waals surface area contributed by atoms with E-state index >= 15 is 0 Å². The molecule has 3 heterocycles. The number of likely N-dealkylation sites (tertiary alicyclic amines) is 1. The maximum atomic E-state index is 5.85. The number of ether oxygens (including phenoxy) is 1. The molecule has 1 unspecified atom stereocenters. The van der Waals surface area contributed by atoms with Gasteiger partial charge in [-0.15, -0.1) is 34.2 Å². The molecule has 1 fully saturated rings. The van der Waals surface area contributed by atoms with E-state index in [2.05, 4.69) is 51.7 Å². The third kappa shape index (κ3) is 6.81. The summed E-state index contributed by atoms with van der Waals surface area (Å²) in [6.07, 6.45) is 3.16. The fourth-order valence-corrected chi connectivity index (χ4v) is 4.50. The molecule has 4 rings (SSSR count). The summed E-state index contributed by atoms with van der Waals surface area (Å²) in [4.78, 5) is 7.49. The van der Waals surface area contributed by atoms with E-state index in [1.54, 1.807) is 0 Å². The Morgan fingerprint density at radius 2 is 1.91 bits per heavy atom. The van der Waals surface area contributed by atoms with Gasteiger partial charge < -0.3 is 24.8 Å². The van der Waals surface area contributed by atoms with Crippen LogP contribution in [0.25, 0.3) is 0 Å². The number of aryl methyl sites for hydroxylation is 1. The fraction of sp³-hybridized carbons (Fsp3) is 0.625. The third-order valence-corrected chi connectivity index (χ3v) is 6.38. The summed E-state index contributed by atoms with van der Waals surface area (Å²) < 4.78 is 7.84. The molecule has 1 atom stereocenters. The molecule has 0 saturated carbocycles. The average Bonchev–Trinajstić information content (AvgIpc) is 3.11. The molecule has 0 amide bonds. The van der Waals surface area contributed by atoms with Gasteiger partial charge in [-0.3, -0.25) is 0 Å². The molecule has 2 aromatic rings. The second-order valence-electron chi connectivity index (χ2n) is 9.37. The van der Waals surface area contributed by atoms with Crippen molar-refractivity contribution in [3.05, 3.63) is 41.5 Å². The number of hydrogen-bond acceptors (Lipinski definition) is 5. The Balaban J connectivity index is 0.00000306. The lowest BCUT2D eigenvalue weighted by molar-refractivity contribution is 0.186. The third-order valence-electron chi connectivity index (χ3n) is 6.38. The van der Waals surface area contributed by atoms with E-state index in [0.717, 1.165) is 55.7 Å². The minimum absolute atomic E-state index is 0. The molecule has 1 aromatic carbocycles. The van der Waals surface area contributed by atoms with E-state index in [1.165, 1.54) is 12.1 Å². The molecule has 0 radical (unpaired) electrons. The predicted octanol–water partition coefficient (Wildman–Crippen LogP) is 3.42. The average molecular weight is 568 g/mol. The molecule has 1 aromatic heterocycles. The second kappa shape index (κ2) is 12.0. The van der Waals surface area contributed by atoms with Gasteiger partial charge in [0.2, 0.25) is 0 Å². The van der Waals surface area contributed by atoms with Crippen molar-refractivity contribution in [2.75, 3.05) is 26.2 Å². The molecule has 2 aliphatic rings. The van der Waals surface area contributed by atoms with E-state index in [1.807, 2.05) is 30.7 Å². The highest BCUT2D eigenvalue weighted by Gasteiger charge is 2.25. The summed E-state index contributed by atoms with van der Waals surface area (Å²) in [5.41, 5.74) is 1.19. The summed E-state index contributed by atoms with van der Waals surface area (Å²) in [7, 11) is 1.99. The number of benzene rings is 1. The van der Waals surface area contributed by atoms with Crippen molar-refractivity contribution in [1.82, 2.24) is 30.3 Å². The van der Waals surface area contributed by atoms with Gasteiger partial charge in [-0.1, -0.05) is 32.0 Å². The highest BCUT2D eigenvalue weighted by molar-refractivity contribution is 14.0. The summed E-state index contributed by atoms with van der Waals surface area (Å²) >= 11 is 0. The molecule has 33 heavy (non-hydrogen) atoms. The summed E-state index contributed by atoms with van der Waals surface area (Å²) in [5, 5.41) is 15.9. The number of nitrogens with one attached hydrogen (secondary N) is 2. The van der Waals surface area contributed by atoms with E-state index in [4.69, 9.17) is 9.73 Å². The van der Waals surface area contributed by atoms with Crippen LogP contribution in [0.4, 0.5) is 0 Å². The molecule has 0 spiro atoms. The Morgan fingerprint density at radius 3 is 2.61 bits per heavy atom. The van der Waals surface area contributed by atoms with Crippen molar-refractivity contribution >= 4 is 29.9 Å². The highest BCUT2D eigenvalue weighted by Crippen LogP contribution is 2.31. The van der Waals surface area contributed by atoms with Crippen LogP contribution in [0.15, 0.2) is 29.3 Å². The van der Waals surface area contributed by atoms with Crippen LogP contribution in [0.3, 0.4) is 0 Å². The molecule has 182 valence electrons. The first kappa shape index (κ1) is 25.7. The Hall–Kier alpha value is -1.88. The molecular weight excluding hydrogens is 529 g/mol. The number of piperidine rings is 1. The molecule has 8 nitrogen and oxygen atoms in total. The first-order valence-electron chi connectivity index (χ1n) is 11.9. The van der Waals surface area contributed by atoms with Crippen molar-refractivity contribution < 1.29 is 4.74 Å². The number of fused-ring (bicyclic) bond motifs is 1. The van der Waals surface area contributed by atoms with Crippen LogP contribution in [0.2, 0.25) is 0 Å². The van der Waals surface area contributed by atoms with Crippen molar-refractivity contribution in [1.29, 1.82) is 0 Å². The summed E-state index contributed by atoms with van der Waals surface area (Å²) in [5.74, 6) is 4.27. The monoisotopic (exact) mass is 567 g/mol. The van der Waals surface area contributed by atoms with Gasteiger partial charge in [-0.05, 0) is 31.7 Å². The normalized spacial score (nSPS) is 19.5. The Kier molecular flexibility index (Phi) is 9.37. The molecule has 1 saturated heterocycles. The number of rotatable bonds is 6. The minimum Gasteiger partial charge on any atom is -0.493 e. The standard InChI is InChI=1S/C24H37N7O.HI/c1-17(2)16-31-12-9-19(10-13-31)26-24(25-15-23-29-28-18(3)30(23)4)27-21-11-14-32-22-8-6-5-7-20(21)22;/h5-8,17,19,21H,9-16H2,1-4H3,(H2,25,26,27);1H. The van der Waals surface area contributed by atoms with Gasteiger partial charge >= 0.3 is 0 Å². The molecular formula is C24H38IN7O. The van der Waals surface area contributed by atoms with E-state index in [0.29, 0.717) is 25.1 Å². The van der Waals surface area contributed by atoms with Crippen molar-refractivity contribution in [3.63, 3.8) is 0 Å². The zero-order chi connectivity index (χ0) is 22.5. The summed E-state index contributed by atoms with van der Waals surface area (Å²) in [6, 6.07) is 8.87. The van der Waals surface area contributed by atoms with Gasteiger partial charge in [0.1, 0.15) is 18.1 Å². The maximum absolute atomic E-state index is 5.85. The zero-order valence-electron chi connectivity index (χ0n) is 20.3. The SMILES string of the molecule is Cc1nnc(CN=C(NC2CCN(CC(C)C)CC2)NC2CCOc3ccccc32)n1C.I. The number of para-hydroxylation sites is 1. The lowest BCUT2D eigenvalue weighted by atomic mass is 10.0. The zero-order valence-corrected chi connectivity index (χ0v) is 22.6. The minimum atomic E-state index is 0. The number of guanidine groups is 1.